The van der Waals surface area contributed by atoms with Gasteiger partial charge in [0.2, 0.25) is 0 Å². The van der Waals surface area contributed by atoms with E-state index in [1.807, 2.05) is 31.2 Å². The van der Waals surface area contributed by atoms with Crippen LogP contribution in [0.1, 0.15) is 22.8 Å². The van der Waals surface area contributed by atoms with Crippen LogP contribution in [-0.4, -0.2) is 5.78 Å². The van der Waals surface area contributed by atoms with E-state index in [1.165, 1.54) is 6.92 Å². The molecule has 2 aromatic carbocycles. The Labute approximate surface area is 121 Å². The number of carbonyl (C=O) groups excluding carboxylic acids is 1. The lowest BCUT2D eigenvalue weighted by Crippen LogP contribution is -2.00. The number of benzene rings is 2. The van der Waals surface area contributed by atoms with E-state index in [9.17, 15) is 4.79 Å². The first-order valence-corrected chi connectivity index (χ1v) is 6.70. The quantitative estimate of drug-likeness (QED) is 0.655. The molecule has 0 bridgehead atoms. The van der Waals surface area contributed by atoms with E-state index in [0.717, 1.165) is 21.4 Å². The minimum absolute atomic E-state index is 0.0245. The Bertz CT molecular complexity index is 638. The zero-order valence-electron chi connectivity index (χ0n) is 10.8. The summed E-state index contributed by atoms with van der Waals surface area (Å²) < 4.78 is 1.07. The van der Waals surface area contributed by atoms with Crippen molar-refractivity contribution in [1.29, 1.82) is 0 Å². The minimum Gasteiger partial charge on any atom is -0.398 e. The Morgan fingerprint density at radius 1 is 1.16 bits per heavy atom. The first kappa shape index (κ1) is 13.6. The van der Waals surface area contributed by atoms with Crippen LogP contribution in [0.25, 0.3) is 0 Å². The molecule has 0 aromatic heterocycles. The van der Waals surface area contributed by atoms with Crippen molar-refractivity contribution in [3.8, 4) is 0 Å². The Balaban J connectivity index is 2.26. The molecular weight excluding hydrogens is 304 g/mol. The molecule has 4 heteroatoms. The lowest BCUT2D eigenvalue weighted by atomic mass is 10.1. The van der Waals surface area contributed by atoms with E-state index in [1.54, 1.807) is 12.1 Å². The van der Waals surface area contributed by atoms with Gasteiger partial charge >= 0.3 is 0 Å². The van der Waals surface area contributed by atoms with Crippen LogP contribution in [0, 0.1) is 6.92 Å². The van der Waals surface area contributed by atoms with E-state index < -0.39 is 0 Å². The summed E-state index contributed by atoms with van der Waals surface area (Å²) in [6.07, 6.45) is 0. The van der Waals surface area contributed by atoms with E-state index >= 15 is 0 Å². The van der Waals surface area contributed by atoms with Gasteiger partial charge in [-0.05, 0) is 55.8 Å². The fourth-order valence-corrected chi connectivity index (χ4v) is 2.10. The lowest BCUT2D eigenvalue weighted by Gasteiger charge is -2.10. The van der Waals surface area contributed by atoms with Crippen LogP contribution in [0.4, 0.5) is 17.1 Å². The molecule has 0 atom stereocenters. The maximum atomic E-state index is 11.3. The molecule has 0 amide bonds. The number of Topliss-reactive ketones (excluding diaryl/α,β-unsaturated/α-hetero) is 1. The average Bonchev–Trinajstić information content (AvgIpc) is 2.33. The van der Waals surface area contributed by atoms with Gasteiger partial charge in [-0.25, -0.2) is 0 Å². The van der Waals surface area contributed by atoms with Gasteiger partial charge in [0.1, 0.15) is 0 Å². The summed E-state index contributed by atoms with van der Waals surface area (Å²) >= 11 is 3.47. The maximum absolute atomic E-state index is 11.3. The number of nitrogens with one attached hydrogen (secondary N) is 1. The van der Waals surface area contributed by atoms with Crippen molar-refractivity contribution >= 4 is 38.8 Å². The summed E-state index contributed by atoms with van der Waals surface area (Å²) in [4.78, 5) is 11.3. The highest BCUT2D eigenvalue weighted by Crippen LogP contribution is 2.25. The average molecular weight is 319 g/mol. The molecule has 0 radical (unpaired) electrons. The van der Waals surface area contributed by atoms with Crippen LogP contribution in [0.2, 0.25) is 0 Å². The van der Waals surface area contributed by atoms with Crippen LogP contribution < -0.4 is 11.1 Å². The molecule has 0 saturated carbocycles. The molecule has 0 unspecified atom stereocenters. The second kappa shape index (κ2) is 5.45. The fraction of sp³-hybridized carbons (Fsp3) is 0.133. The normalized spacial score (nSPS) is 10.3. The van der Waals surface area contributed by atoms with E-state index in [4.69, 9.17) is 5.73 Å². The summed E-state index contributed by atoms with van der Waals surface area (Å²) in [5.41, 5.74) is 9.91. The van der Waals surface area contributed by atoms with Gasteiger partial charge in [0, 0.05) is 27.1 Å². The number of rotatable bonds is 3. The zero-order valence-corrected chi connectivity index (χ0v) is 12.4. The molecule has 98 valence electrons. The third-order valence-corrected chi connectivity index (χ3v) is 3.77. The molecule has 2 rings (SSSR count). The van der Waals surface area contributed by atoms with Crippen molar-refractivity contribution in [3.63, 3.8) is 0 Å². The SMILES string of the molecule is CC(=O)c1ccc(Nc2ccc(Br)c(C)c2)cc1N. The summed E-state index contributed by atoms with van der Waals surface area (Å²) in [6.45, 7) is 3.54. The van der Waals surface area contributed by atoms with Crippen molar-refractivity contribution in [3.05, 3.63) is 52.0 Å². The number of hydrogen-bond donors (Lipinski definition) is 2. The highest BCUT2D eigenvalue weighted by molar-refractivity contribution is 9.10. The van der Waals surface area contributed by atoms with Gasteiger partial charge in [-0.2, -0.15) is 0 Å². The number of carbonyl (C=O) groups is 1. The largest absolute Gasteiger partial charge is 0.398 e. The van der Waals surface area contributed by atoms with E-state index in [-0.39, 0.29) is 5.78 Å². The second-order valence-electron chi connectivity index (χ2n) is 4.45. The monoisotopic (exact) mass is 318 g/mol. The van der Waals surface area contributed by atoms with Crippen LogP contribution in [0.5, 0.6) is 0 Å². The minimum atomic E-state index is -0.0245. The van der Waals surface area contributed by atoms with Crippen LogP contribution in [-0.2, 0) is 0 Å². The summed E-state index contributed by atoms with van der Waals surface area (Å²) in [5, 5.41) is 3.27. The van der Waals surface area contributed by atoms with Gasteiger partial charge in [-0.1, -0.05) is 15.9 Å². The Kier molecular flexibility index (Phi) is 3.90. The third-order valence-electron chi connectivity index (χ3n) is 2.88. The van der Waals surface area contributed by atoms with Crippen LogP contribution in [0.15, 0.2) is 40.9 Å². The van der Waals surface area contributed by atoms with Crippen LogP contribution in [0.3, 0.4) is 0 Å². The standard InChI is InChI=1S/C15H15BrN2O/c1-9-7-11(4-6-14(9)16)18-12-3-5-13(10(2)19)15(17)8-12/h3-8,18H,17H2,1-2H3. The molecule has 0 saturated heterocycles. The number of nitrogen functional groups attached to an aromatic ring is 1. The Morgan fingerprint density at radius 2 is 1.79 bits per heavy atom. The molecule has 0 aliphatic rings. The Morgan fingerprint density at radius 3 is 2.37 bits per heavy atom. The molecule has 0 heterocycles. The summed E-state index contributed by atoms with van der Waals surface area (Å²) in [5.74, 6) is -0.0245. The van der Waals surface area contributed by atoms with Gasteiger partial charge in [-0.15, -0.1) is 0 Å². The maximum Gasteiger partial charge on any atom is 0.161 e. The number of ketones is 1. The molecule has 0 aliphatic heterocycles. The summed E-state index contributed by atoms with van der Waals surface area (Å²) in [7, 11) is 0. The number of nitrogens with two attached hydrogens (primary N) is 1. The lowest BCUT2D eigenvalue weighted by molar-refractivity contribution is 0.101. The molecule has 3 nitrogen and oxygen atoms in total. The number of halogens is 1. The van der Waals surface area contributed by atoms with Gasteiger partial charge in [0.15, 0.2) is 5.78 Å². The van der Waals surface area contributed by atoms with Crippen LogP contribution >= 0.6 is 15.9 Å². The van der Waals surface area contributed by atoms with Crippen molar-refractivity contribution < 1.29 is 4.79 Å². The molecule has 19 heavy (non-hydrogen) atoms. The van der Waals surface area contributed by atoms with Gasteiger partial charge in [-0.3, -0.25) is 4.79 Å². The van der Waals surface area contributed by atoms with Crippen molar-refractivity contribution in [1.82, 2.24) is 0 Å². The van der Waals surface area contributed by atoms with E-state index in [2.05, 4.69) is 21.2 Å². The second-order valence-corrected chi connectivity index (χ2v) is 5.30. The molecular formula is C15H15BrN2O. The predicted molar refractivity (Wildman–Crippen MR) is 83.0 cm³/mol. The zero-order chi connectivity index (χ0) is 14.0. The number of anilines is 3. The molecule has 0 aliphatic carbocycles. The first-order chi connectivity index (χ1) is 8.97. The predicted octanol–water partition coefficient (Wildman–Crippen LogP) is 4.29. The van der Waals surface area contributed by atoms with Crippen molar-refractivity contribution in [2.24, 2.45) is 0 Å². The number of hydrogen-bond acceptors (Lipinski definition) is 3. The number of aryl methyl sites for hydroxylation is 1. The third kappa shape index (κ3) is 3.15. The highest BCUT2D eigenvalue weighted by Gasteiger charge is 2.05. The Hall–Kier alpha value is -1.81. The molecule has 0 fully saturated rings. The van der Waals surface area contributed by atoms with Gasteiger partial charge < -0.3 is 11.1 Å². The molecule has 0 spiro atoms. The van der Waals surface area contributed by atoms with Gasteiger partial charge in [0.05, 0.1) is 0 Å². The van der Waals surface area contributed by atoms with E-state index in [0.29, 0.717) is 11.3 Å². The van der Waals surface area contributed by atoms with Gasteiger partial charge in [0.25, 0.3) is 0 Å². The summed E-state index contributed by atoms with van der Waals surface area (Å²) in [6, 6.07) is 11.4. The topological polar surface area (TPSA) is 55.1 Å². The molecule has 3 N–H and O–H groups in total. The molecule has 2 aromatic rings. The first-order valence-electron chi connectivity index (χ1n) is 5.91. The van der Waals surface area contributed by atoms with Crippen molar-refractivity contribution in [2.75, 3.05) is 11.1 Å². The van der Waals surface area contributed by atoms with Crippen molar-refractivity contribution in [2.45, 2.75) is 13.8 Å². The smallest absolute Gasteiger partial charge is 0.161 e. The highest BCUT2D eigenvalue weighted by atomic mass is 79.9. The fourth-order valence-electron chi connectivity index (χ4n) is 1.85.